The third-order valence-corrected chi connectivity index (χ3v) is 3.99. The van der Waals surface area contributed by atoms with Crippen molar-refractivity contribution in [1.82, 2.24) is 0 Å². The van der Waals surface area contributed by atoms with Crippen LogP contribution < -0.4 is 0 Å². The Morgan fingerprint density at radius 1 is 1.55 bits per heavy atom. The molecule has 2 rings (SSSR count). The van der Waals surface area contributed by atoms with Gasteiger partial charge < -0.3 is 14.6 Å². The quantitative estimate of drug-likeness (QED) is 0.791. The summed E-state index contributed by atoms with van der Waals surface area (Å²) in [5, 5.41) is 9.30. The highest BCUT2D eigenvalue weighted by molar-refractivity contribution is 5.85. The van der Waals surface area contributed by atoms with Gasteiger partial charge in [0.05, 0.1) is 0 Å². The number of ether oxygens (including phenoxy) is 2. The van der Waals surface area contributed by atoms with Gasteiger partial charge in [0.1, 0.15) is 17.4 Å². The van der Waals surface area contributed by atoms with Crippen molar-refractivity contribution < 1.29 is 19.4 Å². The van der Waals surface area contributed by atoms with E-state index in [-0.39, 0.29) is 17.8 Å². The van der Waals surface area contributed by atoms with E-state index in [2.05, 4.69) is 25.8 Å². The summed E-state index contributed by atoms with van der Waals surface area (Å²) >= 11 is 0. The summed E-state index contributed by atoms with van der Waals surface area (Å²) in [6.07, 6.45) is 7.58. The number of allylic oxidation sites excluding steroid dienone is 2. The van der Waals surface area contributed by atoms with Crippen molar-refractivity contribution in [2.24, 2.45) is 10.4 Å². The number of rotatable bonds is 5. The molecule has 22 heavy (non-hydrogen) atoms. The molecule has 5 nitrogen and oxygen atoms in total. The molecule has 0 aromatic carbocycles. The lowest BCUT2D eigenvalue weighted by atomic mass is 9.89. The first-order valence-corrected chi connectivity index (χ1v) is 7.65. The number of hydrogen-bond acceptors (Lipinski definition) is 4. The highest BCUT2D eigenvalue weighted by Gasteiger charge is 2.38. The second-order valence-corrected chi connectivity index (χ2v) is 7.29. The molecule has 2 aliphatic rings. The summed E-state index contributed by atoms with van der Waals surface area (Å²) in [4.78, 5) is 15.6. The van der Waals surface area contributed by atoms with E-state index in [1.54, 1.807) is 6.21 Å². The van der Waals surface area contributed by atoms with Crippen molar-refractivity contribution in [3.63, 3.8) is 0 Å². The number of aliphatic imine (C=N–C) groups is 1. The molecule has 0 spiro atoms. The first-order chi connectivity index (χ1) is 10.2. The van der Waals surface area contributed by atoms with Crippen LogP contribution in [0, 0.1) is 5.41 Å². The molecule has 0 amide bonds. The molecule has 1 aliphatic heterocycles. The lowest BCUT2D eigenvalue weighted by molar-refractivity contribution is -0.138. The van der Waals surface area contributed by atoms with Crippen molar-refractivity contribution in [2.45, 2.75) is 58.6 Å². The molecule has 0 saturated carbocycles. The number of fused-ring (bicyclic) bond motifs is 1. The normalized spacial score (nSPS) is 26.2. The predicted molar refractivity (Wildman–Crippen MR) is 84.8 cm³/mol. The van der Waals surface area contributed by atoms with Crippen LogP contribution in [0.1, 0.15) is 47.0 Å². The Bertz CT molecular complexity index is 527. The number of aliphatic carboxylic acids is 1. The summed E-state index contributed by atoms with van der Waals surface area (Å²) < 4.78 is 11.0. The zero-order chi connectivity index (χ0) is 16.4. The maximum Gasteiger partial charge on any atom is 0.328 e. The van der Waals surface area contributed by atoms with Crippen molar-refractivity contribution in [2.75, 3.05) is 6.79 Å². The maximum absolute atomic E-state index is 11.3. The van der Waals surface area contributed by atoms with E-state index in [1.165, 1.54) is 0 Å². The van der Waals surface area contributed by atoms with Gasteiger partial charge in [-0.3, -0.25) is 4.99 Å². The van der Waals surface area contributed by atoms with Gasteiger partial charge in [-0.05, 0) is 36.8 Å². The number of carboxylic acids is 1. The maximum atomic E-state index is 11.3. The molecule has 2 atom stereocenters. The van der Waals surface area contributed by atoms with Gasteiger partial charge in [0.2, 0.25) is 0 Å². The molecule has 5 heteroatoms. The van der Waals surface area contributed by atoms with E-state index >= 15 is 0 Å². The molecular formula is C17H25NO4. The SMILES string of the molecule is CC(C)(C)CCC(N=CC1=CCC2(C)OCOC2=C1)C(=O)O. The molecule has 0 aromatic rings. The van der Waals surface area contributed by atoms with Crippen LogP contribution in [0.2, 0.25) is 0 Å². The largest absolute Gasteiger partial charge is 0.480 e. The smallest absolute Gasteiger partial charge is 0.328 e. The topological polar surface area (TPSA) is 68.1 Å². The van der Waals surface area contributed by atoms with E-state index in [9.17, 15) is 9.90 Å². The number of nitrogens with zero attached hydrogens (tertiary/aromatic N) is 1. The lowest BCUT2D eigenvalue weighted by Gasteiger charge is -2.23. The first kappa shape index (κ1) is 16.7. The standard InChI is InChI=1S/C17H25NO4/c1-16(2,3)7-6-13(15(19)20)18-10-12-5-8-17(4)14(9-12)21-11-22-17/h5,9-10,13H,6-8,11H2,1-4H3,(H,19,20). The minimum Gasteiger partial charge on any atom is -0.480 e. The Kier molecular flexibility index (Phi) is 4.75. The molecule has 0 aromatic heterocycles. The van der Waals surface area contributed by atoms with Gasteiger partial charge in [0, 0.05) is 12.6 Å². The fourth-order valence-corrected chi connectivity index (χ4v) is 2.42. The number of carbonyl (C=O) groups is 1. The summed E-state index contributed by atoms with van der Waals surface area (Å²) in [6.45, 7) is 8.55. The number of carboxylic acid groups (broad SMARTS) is 1. The summed E-state index contributed by atoms with van der Waals surface area (Å²) in [6, 6.07) is -0.701. The summed E-state index contributed by atoms with van der Waals surface area (Å²) in [7, 11) is 0. The van der Waals surface area contributed by atoms with Gasteiger partial charge in [-0.25, -0.2) is 4.79 Å². The average molecular weight is 307 g/mol. The average Bonchev–Trinajstić information content (AvgIpc) is 2.78. The molecule has 122 valence electrons. The van der Waals surface area contributed by atoms with Gasteiger partial charge in [-0.1, -0.05) is 26.8 Å². The van der Waals surface area contributed by atoms with Crippen LogP contribution >= 0.6 is 0 Å². The van der Waals surface area contributed by atoms with E-state index in [1.807, 2.05) is 19.1 Å². The van der Waals surface area contributed by atoms with Crippen molar-refractivity contribution in [3.8, 4) is 0 Å². The van der Waals surface area contributed by atoms with Gasteiger partial charge in [-0.15, -0.1) is 0 Å². The second-order valence-electron chi connectivity index (χ2n) is 7.29. The summed E-state index contributed by atoms with van der Waals surface area (Å²) in [5.41, 5.74) is 0.599. The van der Waals surface area contributed by atoms with E-state index in [0.29, 0.717) is 12.8 Å². The van der Waals surface area contributed by atoms with Crippen molar-refractivity contribution >= 4 is 12.2 Å². The van der Waals surface area contributed by atoms with Crippen molar-refractivity contribution in [1.29, 1.82) is 0 Å². The lowest BCUT2D eigenvalue weighted by Crippen LogP contribution is -2.27. The van der Waals surface area contributed by atoms with Crippen molar-refractivity contribution in [3.05, 3.63) is 23.5 Å². The predicted octanol–water partition coefficient (Wildman–Crippen LogP) is 3.31. The molecule has 1 heterocycles. The Morgan fingerprint density at radius 2 is 2.27 bits per heavy atom. The Morgan fingerprint density at radius 3 is 2.91 bits per heavy atom. The fraction of sp³-hybridized carbons (Fsp3) is 0.647. The van der Waals surface area contributed by atoms with Crippen LogP contribution in [0.3, 0.4) is 0 Å². The Hall–Kier alpha value is -1.62. The minimum absolute atomic E-state index is 0.103. The minimum atomic E-state index is -0.880. The summed E-state index contributed by atoms with van der Waals surface area (Å²) in [5.74, 6) is -0.0899. The molecule has 1 fully saturated rings. The second kappa shape index (κ2) is 6.24. The molecule has 1 N–H and O–H groups in total. The Balaban J connectivity index is 2.01. The molecule has 1 saturated heterocycles. The molecule has 0 radical (unpaired) electrons. The number of hydrogen-bond donors (Lipinski definition) is 1. The van der Waals surface area contributed by atoms with Gasteiger partial charge in [-0.2, -0.15) is 0 Å². The van der Waals surface area contributed by atoms with Crippen LogP contribution in [0.5, 0.6) is 0 Å². The molecule has 0 bridgehead atoms. The van der Waals surface area contributed by atoms with Gasteiger partial charge in [0.25, 0.3) is 0 Å². The zero-order valence-electron chi connectivity index (χ0n) is 13.8. The van der Waals surface area contributed by atoms with Crippen LogP contribution in [0.15, 0.2) is 28.5 Å². The van der Waals surface area contributed by atoms with E-state index < -0.39 is 12.0 Å². The molecule has 2 unspecified atom stereocenters. The van der Waals surface area contributed by atoms with E-state index in [0.717, 1.165) is 17.8 Å². The highest BCUT2D eigenvalue weighted by Crippen LogP contribution is 2.36. The van der Waals surface area contributed by atoms with Gasteiger partial charge >= 0.3 is 5.97 Å². The third kappa shape index (κ3) is 4.19. The van der Waals surface area contributed by atoms with Crippen LogP contribution in [-0.4, -0.2) is 35.7 Å². The van der Waals surface area contributed by atoms with E-state index in [4.69, 9.17) is 9.47 Å². The van der Waals surface area contributed by atoms with Crippen LogP contribution in [-0.2, 0) is 14.3 Å². The highest BCUT2D eigenvalue weighted by atomic mass is 16.7. The zero-order valence-corrected chi connectivity index (χ0v) is 13.8. The first-order valence-electron chi connectivity index (χ1n) is 7.65. The van der Waals surface area contributed by atoms with Crippen LogP contribution in [0.4, 0.5) is 0 Å². The molecule has 1 aliphatic carbocycles. The van der Waals surface area contributed by atoms with Crippen LogP contribution in [0.25, 0.3) is 0 Å². The third-order valence-electron chi connectivity index (χ3n) is 3.99. The molecular weight excluding hydrogens is 282 g/mol. The van der Waals surface area contributed by atoms with Gasteiger partial charge in [0.15, 0.2) is 6.79 Å². The monoisotopic (exact) mass is 307 g/mol. The Labute approximate surface area is 131 Å². The fourth-order valence-electron chi connectivity index (χ4n) is 2.42.